The van der Waals surface area contributed by atoms with Crippen LogP contribution in [-0.2, 0) is 0 Å². The van der Waals surface area contributed by atoms with Crippen LogP contribution in [-0.4, -0.2) is 23.4 Å². The Hall–Kier alpha value is -0.0800. The van der Waals surface area contributed by atoms with E-state index in [1.165, 1.54) is 44.9 Å². The molecule has 0 unspecified atom stereocenters. The van der Waals surface area contributed by atoms with Crippen LogP contribution in [0.4, 0.5) is 0 Å². The fraction of sp³-hybridized carbons (Fsp3) is 1.00. The topological polar surface area (TPSA) is 40.5 Å². The summed E-state index contributed by atoms with van der Waals surface area (Å²) in [6, 6.07) is 0. The van der Waals surface area contributed by atoms with Crippen molar-refractivity contribution in [3.05, 3.63) is 0 Å². The molecule has 2 nitrogen and oxygen atoms in total. The van der Waals surface area contributed by atoms with Gasteiger partial charge in [-0.15, -0.1) is 0 Å². The molecule has 2 saturated carbocycles. The van der Waals surface area contributed by atoms with Gasteiger partial charge in [0.1, 0.15) is 0 Å². The molecule has 0 atom stereocenters. The molecule has 1 spiro atoms. The minimum atomic E-state index is -0.151. The molecular weight excluding hydrogens is 176 g/mol. The molecule has 2 aliphatic carbocycles. The Morgan fingerprint density at radius 3 is 1.57 bits per heavy atom. The minimum absolute atomic E-state index is 0.151. The molecule has 0 amide bonds. The Balaban J connectivity index is 2.25. The molecular formula is C12H22O2. The highest BCUT2D eigenvalue weighted by molar-refractivity contribution is 5.02. The Morgan fingerprint density at radius 1 is 0.714 bits per heavy atom. The maximum atomic E-state index is 9.61. The molecule has 0 radical (unpaired) electrons. The van der Waals surface area contributed by atoms with E-state index in [0.29, 0.717) is 0 Å². The third-order valence-electron chi connectivity index (χ3n) is 4.85. The second-order valence-corrected chi connectivity index (χ2v) is 5.29. The third kappa shape index (κ3) is 1.31. The van der Waals surface area contributed by atoms with Gasteiger partial charge in [-0.1, -0.05) is 25.7 Å². The first-order valence-electron chi connectivity index (χ1n) is 6.00. The van der Waals surface area contributed by atoms with Gasteiger partial charge in [0, 0.05) is 5.41 Å². The van der Waals surface area contributed by atoms with Crippen molar-refractivity contribution >= 4 is 0 Å². The van der Waals surface area contributed by atoms with Crippen LogP contribution in [0.25, 0.3) is 0 Å². The summed E-state index contributed by atoms with van der Waals surface area (Å²) < 4.78 is 0. The van der Waals surface area contributed by atoms with E-state index < -0.39 is 0 Å². The van der Waals surface area contributed by atoms with E-state index in [1.807, 2.05) is 0 Å². The zero-order chi connectivity index (χ0) is 10.1. The lowest BCUT2D eigenvalue weighted by molar-refractivity contribution is -0.0882. The monoisotopic (exact) mass is 198 g/mol. The highest BCUT2D eigenvalue weighted by atomic mass is 16.3. The number of hydrogen-bond donors (Lipinski definition) is 2. The normalized spacial score (nSPS) is 29.6. The summed E-state index contributed by atoms with van der Waals surface area (Å²) >= 11 is 0. The van der Waals surface area contributed by atoms with Gasteiger partial charge in [-0.05, 0) is 31.1 Å². The molecule has 2 aliphatic rings. The Morgan fingerprint density at radius 2 is 1.14 bits per heavy atom. The van der Waals surface area contributed by atoms with Crippen LogP contribution in [0.5, 0.6) is 0 Å². The molecule has 0 saturated heterocycles. The van der Waals surface area contributed by atoms with Crippen LogP contribution < -0.4 is 0 Å². The molecule has 2 fully saturated rings. The number of rotatable bonds is 2. The van der Waals surface area contributed by atoms with E-state index in [2.05, 4.69) is 0 Å². The van der Waals surface area contributed by atoms with Gasteiger partial charge in [0.15, 0.2) is 0 Å². The Bertz CT molecular complexity index is 184. The predicted octanol–water partition coefficient (Wildman–Crippen LogP) is 2.09. The number of aliphatic hydroxyl groups is 2. The largest absolute Gasteiger partial charge is 0.396 e. The lowest BCUT2D eigenvalue weighted by Crippen LogP contribution is -2.48. The van der Waals surface area contributed by atoms with Crippen LogP contribution in [0.2, 0.25) is 0 Å². The van der Waals surface area contributed by atoms with Gasteiger partial charge in [0.2, 0.25) is 0 Å². The van der Waals surface area contributed by atoms with Crippen molar-refractivity contribution in [2.45, 2.75) is 51.4 Å². The smallest absolute Gasteiger partial charge is 0.0514 e. The fourth-order valence-electron chi connectivity index (χ4n) is 3.83. The zero-order valence-electron chi connectivity index (χ0n) is 8.97. The standard InChI is InChI=1S/C12H22O2/c13-9-12(10-14)8-4-3-7-11(12)5-1-2-6-11/h13-14H,1-10H2. The SMILES string of the molecule is OCC1(CO)CCCCC12CCCC2. The molecule has 82 valence electrons. The number of hydrogen-bond acceptors (Lipinski definition) is 2. The van der Waals surface area contributed by atoms with Gasteiger partial charge in [-0.25, -0.2) is 0 Å². The van der Waals surface area contributed by atoms with Crippen molar-refractivity contribution in [3.8, 4) is 0 Å². The summed E-state index contributed by atoms with van der Waals surface area (Å²) in [5, 5.41) is 19.2. The van der Waals surface area contributed by atoms with Crippen molar-refractivity contribution in [2.75, 3.05) is 13.2 Å². The van der Waals surface area contributed by atoms with Crippen LogP contribution in [0, 0.1) is 10.8 Å². The lowest BCUT2D eigenvalue weighted by atomic mass is 9.55. The summed E-state index contributed by atoms with van der Waals surface area (Å²) in [6.07, 6.45) is 9.78. The Labute approximate surface area is 86.3 Å². The van der Waals surface area contributed by atoms with Gasteiger partial charge in [-0.2, -0.15) is 0 Å². The average molecular weight is 198 g/mol. The highest BCUT2D eigenvalue weighted by Crippen LogP contribution is 2.58. The van der Waals surface area contributed by atoms with E-state index >= 15 is 0 Å². The van der Waals surface area contributed by atoms with E-state index in [0.717, 1.165) is 6.42 Å². The first-order chi connectivity index (χ1) is 6.79. The molecule has 2 heteroatoms. The highest BCUT2D eigenvalue weighted by Gasteiger charge is 2.52. The fourth-order valence-corrected chi connectivity index (χ4v) is 3.83. The molecule has 2 rings (SSSR count). The van der Waals surface area contributed by atoms with E-state index in [9.17, 15) is 10.2 Å². The molecule has 0 aromatic heterocycles. The quantitative estimate of drug-likeness (QED) is 0.713. The minimum Gasteiger partial charge on any atom is -0.396 e. The molecule has 14 heavy (non-hydrogen) atoms. The van der Waals surface area contributed by atoms with Gasteiger partial charge in [0.05, 0.1) is 13.2 Å². The van der Waals surface area contributed by atoms with Crippen molar-refractivity contribution in [3.63, 3.8) is 0 Å². The van der Waals surface area contributed by atoms with E-state index in [1.54, 1.807) is 0 Å². The first kappa shape index (κ1) is 10.4. The van der Waals surface area contributed by atoms with Crippen molar-refractivity contribution in [2.24, 2.45) is 10.8 Å². The second kappa shape index (κ2) is 3.82. The van der Waals surface area contributed by atoms with Crippen molar-refractivity contribution in [1.29, 1.82) is 0 Å². The van der Waals surface area contributed by atoms with Gasteiger partial charge < -0.3 is 10.2 Å². The lowest BCUT2D eigenvalue weighted by Gasteiger charge is -2.50. The van der Waals surface area contributed by atoms with Crippen LogP contribution in [0.3, 0.4) is 0 Å². The van der Waals surface area contributed by atoms with Crippen molar-refractivity contribution in [1.82, 2.24) is 0 Å². The molecule has 0 heterocycles. The summed E-state index contributed by atoms with van der Waals surface area (Å²) in [7, 11) is 0. The second-order valence-electron chi connectivity index (χ2n) is 5.29. The van der Waals surface area contributed by atoms with Crippen LogP contribution in [0.1, 0.15) is 51.4 Å². The summed E-state index contributed by atoms with van der Waals surface area (Å²) in [5.74, 6) is 0. The van der Waals surface area contributed by atoms with E-state index in [-0.39, 0.29) is 24.0 Å². The zero-order valence-corrected chi connectivity index (χ0v) is 8.97. The summed E-state index contributed by atoms with van der Waals surface area (Å²) in [6.45, 7) is 0.368. The number of aliphatic hydroxyl groups excluding tert-OH is 2. The van der Waals surface area contributed by atoms with Crippen LogP contribution in [0.15, 0.2) is 0 Å². The average Bonchev–Trinajstić information content (AvgIpc) is 2.69. The van der Waals surface area contributed by atoms with Gasteiger partial charge in [-0.3, -0.25) is 0 Å². The summed E-state index contributed by atoms with van der Waals surface area (Å²) in [5.41, 5.74) is 0.135. The first-order valence-corrected chi connectivity index (χ1v) is 6.00. The van der Waals surface area contributed by atoms with Gasteiger partial charge in [0.25, 0.3) is 0 Å². The maximum Gasteiger partial charge on any atom is 0.0514 e. The van der Waals surface area contributed by atoms with Crippen molar-refractivity contribution < 1.29 is 10.2 Å². The third-order valence-corrected chi connectivity index (χ3v) is 4.85. The van der Waals surface area contributed by atoms with E-state index in [4.69, 9.17) is 0 Å². The molecule has 0 aliphatic heterocycles. The molecule has 0 aromatic rings. The predicted molar refractivity (Wildman–Crippen MR) is 56.0 cm³/mol. The molecule has 2 N–H and O–H groups in total. The van der Waals surface area contributed by atoms with Crippen LogP contribution >= 0.6 is 0 Å². The molecule has 0 bridgehead atoms. The van der Waals surface area contributed by atoms with Gasteiger partial charge >= 0.3 is 0 Å². The molecule has 0 aromatic carbocycles. The maximum absolute atomic E-state index is 9.61. The summed E-state index contributed by atoms with van der Waals surface area (Å²) in [4.78, 5) is 0. The Kier molecular flexibility index (Phi) is 2.85.